The minimum atomic E-state index is -0.0576. The van der Waals surface area contributed by atoms with Crippen molar-refractivity contribution in [1.82, 2.24) is 4.90 Å². The maximum Gasteiger partial charge on any atom is 0.310 e. The zero-order valence-electron chi connectivity index (χ0n) is 13.2. The molecule has 0 amide bonds. The fraction of sp³-hybridized carbons (Fsp3) is 0.938. The molecule has 3 fully saturated rings. The molecule has 3 atom stereocenters. The molecule has 0 aromatic rings. The van der Waals surface area contributed by atoms with Crippen molar-refractivity contribution in [1.29, 1.82) is 0 Å². The molecule has 0 N–H and O–H groups in total. The molecular formula is C16H27NO4. The van der Waals surface area contributed by atoms with E-state index in [4.69, 9.17) is 14.2 Å². The lowest BCUT2D eigenvalue weighted by Gasteiger charge is -2.45. The Bertz CT molecular complexity index is 375. The Morgan fingerprint density at radius 1 is 1.24 bits per heavy atom. The number of esters is 1. The Balaban J connectivity index is 1.63. The van der Waals surface area contributed by atoms with Gasteiger partial charge >= 0.3 is 5.97 Å². The van der Waals surface area contributed by atoms with E-state index in [-0.39, 0.29) is 17.5 Å². The summed E-state index contributed by atoms with van der Waals surface area (Å²) < 4.78 is 16.5. The van der Waals surface area contributed by atoms with Gasteiger partial charge in [0.05, 0.1) is 18.6 Å². The normalized spacial score (nSPS) is 36.8. The second-order valence-corrected chi connectivity index (χ2v) is 6.85. The van der Waals surface area contributed by atoms with Crippen LogP contribution in [-0.2, 0) is 19.0 Å². The average molecular weight is 297 g/mol. The van der Waals surface area contributed by atoms with Gasteiger partial charge in [-0.05, 0) is 31.6 Å². The minimum Gasteiger partial charge on any atom is -0.469 e. The summed E-state index contributed by atoms with van der Waals surface area (Å²) in [5.41, 5.74) is 0.0216. The number of hydrogen-bond donors (Lipinski definition) is 0. The molecule has 3 heterocycles. The molecule has 21 heavy (non-hydrogen) atoms. The first-order valence-electron chi connectivity index (χ1n) is 8.17. The highest BCUT2D eigenvalue weighted by Crippen LogP contribution is 2.38. The van der Waals surface area contributed by atoms with Crippen molar-refractivity contribution in [2.45, 2.75) is 44.2 Å². The lowest BCUT2D eigenvalue weighted by atomic mass is 9.83. The van der Waals surface area contributed by atoms with Gasteiger partial charge in [0, 0.05) is 39.0 Å². The molecule has 3 aliphatic rings. The van der Waals surface area contributed by atoms with E-state index in [1.807, 2.05) is 0 Å². The van der Waals surface area contributed by atoms with Gasteiger partial charge in [-0.25, -0.2) is 0 Å². The molecule has 120 valence electrons. The molecule has 3 saturated heterocycles. The molecule has 5 nitrogen and oxygen atoms in total. The molecule has 3 rings (SSSR count). The fourth-order valence-corrected chi connectivity index (χ4v) is 4.17. The highest BCUT2D eigenvalue weighted by atomic mass is 16.5. The van der Waals surface area contributed by atoms with E-state index in [0.29, 0.717) is 12.0 Å². The molecular weight excluding hydrogens is 270 g/mol. The first-order chi connectivity index (χ1) is 10.1. The number of carbonyl (C=O) groups is 1. The molecule has 0 aromatic carbocycles. The number of methoxy groups -OCH3 is 1. The van der Waals surface area contributed by atoms with Crippen molar-refractivity contribution in [2.75, 3.05) is 40.0 Å². The Morgan fingerprint density at radius 2 is 2.00 bits per heavy atom. The third-order valence-corrected chi connectivity index (χ3v) is 5.53. The predicted octanol–water partition coefficient (Wildman–Crippen LogP) is 1.46. The SMILES string of the molecule is COC(=O)C1CN(C2CCOC3(CCOCC3)C2)CC1C. The molecule has 0 aliphatic carbocycles. The Morgan fingerprint density at radius 3 is 2.71 bits per heavy atom. The van der Waals surface area contributed by atoms with Gasteiger partial charge in [-0.1, -0.05) is 6.92 Å². The van der Waals surface area contributed by atoms with Crippen LogP contribution in [0.15, 0.2) is 0 Å². The Hall–Kier alpha value is -0.650. The maximum atomic E-state index is 11.9. The van der Waals surface area contributed by atoms with Gasteiger partial charge in [0.2, 0.25) is 0 Å². The Kier molecular flexibility index (Phi) is 4.52. The second kappa shape index (κ2) is 6.23. The second-order valence-electron chi connectivity index (χ2n) is 6.85. The Labute approximate surface area is 126 Å². The molecule has 3 aliphatic heterocycles. The topological polar surface area (TPSA) is 48.0 Å². The third-order valence-electron chi connectivity index (χ3n) is 5.53. The molecule has 3 unspecified atom stereocenters. The van der Waals surface area contributed by atoms with Gasteiger partial charge in [-0.2, -0.15) is 0 Å². The summed E-state index contributed by atoms with van der Waals surface area (Å²) in [5.74, 6) is 0.354. The number of hydrogen-bond acceptors (Lipinski definition) is 5. The lowest BCUT2D eigenvalue weighted by Crippen LogP contribution is -2.50. The van der Waals surface area contributed by atoms with Crippen LogP contribution in [0.4, 0.5) is 0 Å². The van der Waals surface area contributed by atoms with Crippen LogP contribution in [0.25, 0.3) is 0 Å². The minimum absolute atomic E-state index is 0.0216. The van der Waals surface area contributed by atoms with Gasteiger partial charge in [0.25, 0.3) is 0 Å². The predicted molar refractivity (Wildman–Crippen MR) is 78.0 cm³/mol. The summed E-state index contributed by atoms with van der Waals surface area (Å²) in [4.78, 5) is 14.3. The monoisotopic (exact) mass is 297 g/mol. The molecule has 0 saturated carbocycles. The van der Waals surface area contributed by atoms with E-state index < -0.39 is 0 Å². The standard InChI is InChI=1S/C16H27NO4/c1-12-10-17(11-14(12)15(18)19-2)13-3-6-21-16(9-13)4-7-20-8-5-16/h12-14H,3-11H2,1-2H3. The average Bonchev–Trinajstić information content (AvgIpc) is 2.89. The summed E-state index contributed by atoms with van der Waals surface area (Å²) in [5, 5.41) is 0. The summed E-state index contributed by atoms with van der Waals surface area (Å²) in [6, 6.07) is 0.536. The van der Waals surface area contributed by atoms with Crippen molar-refractivity contribution >= 4 is 5.97 Å². The quantitative estimate of drug-likeness (QED) is 0.722. The van der Waals surface area contributed by atoms with E-state index in [2.05, 4.69) is 11.8 Å². The van der Waals surface area contributed by atoms with Gasteiger partial charge < -0.3 is 14.2 Å². The van der Waals surface area contributed by atoms with Crippen molar-refractivity contribution in [3.8, 4) is 0 Å². The summed E-state index contributed by atoms with van der Waals surface area (Å²) in [7, 11) is 1.49. The zero-order valence-corrected chi connectivity index (χ0v) is 13.2. The number of carbonyl (C=O) groups excluding carboxylic acids is 1. The van der Waals surface area contributed by atoms with Crippen LogP contribution in [0, 0.1) is 11.8 Å². The van der Waals surface area contributed by atoms with Crippen molar-refractivity contribution < 1.29 is 19.0 Å². The van der Waals surface area contributed by atoms with Gasteiger partial charge in [0.1, 0.15) is 0 Å². The van der Waals surface area contributed by atoms with E-state index in [0.717, 1.165) is 58.6 Å². The van der Waals surface area contributed by atoms with E-state index >= 15 is 0 Å². The van der Waals surface area contributed by atoms with Crippen molar-refractivity contribution in [2.24, 2.45) is 11.8 Å². The van der Waals surface area contributed by atoms with Crippen LogP contribution in [-0.4, -0.2) is 62.5 Å². The van der Waals surface area contributed by atoms with Crippen LogP contribution in [0.2, 0.25) is 0 Å². The molecule has 0 aromatic heterocycles. The smallest absolute Gasteiger partial charge is 0.310 e. The summed E-state index contributed by atoms with van der Waals surface area (Å²) in [6.45, 7) is 6.45. The molecule has 1 spiro atoms. The van der Waals surface area contributed by atoms with Crippen LogP contribution in [0.1, 0.15) is 32.6 Å². The lowest BCUT2D eigenvalue weighted by molar-refractivity contribution is -0.151. The van der Waals surface area contributed by atoms with Gasteiger partial charge in [-0.15, -0.1) is 0 Å². The van der Waals surface area contributed by atoms with Gasteiger partial charge in [0.15, 0.2) is 0 Å². The largest absolute Gasteiger partial charge is 0.469 e. The van der Waals surface area contributed by atoms with Crippen LogP contribution in [0.5, 0.6) is 0 Å². The van der Waals surface area contributed by atoms with Gasteiger partial charge in [-0.3, -0.25) is 9.69 Å². The van der Waals surface area contributed by atoms with Crippen LogP contribution < -0.4 is 0 Å². The number of rotatable bonds is 2. The molecule has 5 heteroatoms. The van der Waals surface area contributed by atoms with Crippen LogP contribution in [0.3, 0.4) is 0 Å². The van der Waals surface area contributed by atoms with E-state index in [9.17, 15) is 4.79 Å². The highest BCUT2D eigenvalue weighted by Gasteiger charge is 2.44. The number of likely N-dealkylation sites (tertiary alicyclic amines) is 1. The molecule has 0 radical (unpaired) electrons. The van der Waals surface area contributed by atoms with Crippen molar-refractivity contribution in [3.05, 3.63) is 0 Å². The zero-order chi connectivity index (χ0) is 14.9. The van der Waals surface area contributed by atoms with Crippen molar-refractivity contribution in [3.63, 3.8) is 0 Å². The number of nitrogens with zero attached hydrogens (tertiary/aromatic N) is 1. The molecule has 0 bridgehead atoms. The first-order valence-corrected chi connectivity index (χ1v) is 8.17. The van der Waals surface area contributed by atoms with Crippen LogP contribution >= 0.6 is 0 Å². The van der Waals surface area contributed by atoms with E-state index in [1.165, 1.54) is 7.11 Å². The highest BCUT2D eigenvalue weighted by molar-refractivity contribution is 5.73. The van der Waals surface area contributed by atoms with E-state index in [1.54, 1.807) is 0 Å². The summed E-state index contributed by atoms with van der Waals surface area (Å²) >= 11 is 0. The first kappa shape index (κ1) is 15.3. The number of ether oxygens (including phenoxy) is 3. The fourth-order valence-electron chi connectivity index (χ4n) is 4.17. The third kappa shape index (κ3) is 3.10. The summed E-state index contributed by atoms with van der Waals surface area (Å²) in [6.07, 6.45) is 4.17. The maximum absolute atomic E-state index is 11.9.